The minimum atomic E-state index is -0.756. The standard InChI is InChI=1S/C16H18O5.C16H18O4/c1-20-15-8-10(3-5-12(15)17)7-14(19)11-4-6-13(18)16(9-11)21-2;1-19-15-9-11(5-7-13(15)17)3-4-12-6-8-14(18)16(10-12)20-2/h3-6,8-9,14,17-19H,7H2,1-2H3;5-10,17-18H,3-4H2,1-2H3. The lowest BCUT2D eigenvalue weighted by molar-refractivity contribution is 0.177. The minimum absolute atomic E-state index is 0.0275. The van der Waals surface area contributed by atoms with Crippen molar-refractivity contribution in [2.24, 2.45) is 0 Å². The molecule has 0 saturated heterocycles. The van der Waals surface area contributed by atoms with Gasteiger partial charge in [0.05, 0.1) is 34.5 Å². The predicted molar refractivity (Wildman–Crippen MR) is 155 cm³/mol. The van der Waals surface area contributed by atoms with Gasteiger partial charge < -0.3 is 44.5 Å². The molecule has 0 fully saturated rings. The lowest BCUT2D eigenvalue weighted by Gasteiger charge is -2.14. The molecular formula is C32H36O9. The fourth-order valence-corrected chi connectivity index (χ4v) is 4.14. The van der Waals surface area contributed by atoms with Crippen molar-refractivity contribution in [1.82, 2.24) is 0 Å². The highest BCUT2D eigenvalue weighted by atomic mass is 16.5. The highest BCUT2D eigenvalue weighted by Gasteiger charge is 2.13. The van der Waals surface area contributed by atoms with Gasteiger partial charge in [-0.2, -0.15) is 0 Å². The molecule has 9 heteroatoms. The van der Waals surface area contributed by atoms with Crippen molar-refractivity contribution >= 4 is 0 Å². The second-order valence-corrected chi connectivity index (χ2v) is 9.17. The molecule has 0 bridgehead atoms. The van der Waals surface area contributed by atoms with Gasteiger partial charge in [-0.15, -0.1) is 0 Å². The first-order valence-corrected chi connectivity index (χ1v) is 12.8. The van der Waals surface area contributed by atoms with Crippen LogP contribution in [0.5, 0.6) is 46.0 Å². The largest absolute Gasteiger partial charge is 0.504 e. The summed E-state index contributed by atoms with van der Waals surface area (Å²) < 4.78 is 20.2. The average Bonchev–Trinajstić information content (AvgIpc) is 2.98. The highest BCUT2D eigenvalue weighted by Crippen LogP contribution is 2.32. The molecule has 0 aromatic heterocycles. The van der Waals surface area contributed by atoms with E-state index in [1.165, 1.54) is 40.6 Å². The summed E-state index contributed by atoms with van der Waals surface area (Å²) in [5, 5.41) is 48.5. The second kappa shape index (κ2) is 14.6. The van der Waals surface area contributed by atoms with Crippen molar-refractivity contribution in [3.63, 3.8) is 0 Å². The van der Waals surface area contributed by atoms with Crippen molar-refractivity contribution in [2.45, 2.75) is 25.4 Å². The van der Waals surface area contributed by atoms with Crippen LogP contribution in [0.2, 0.25) is 0 Å². The summed E-state index contributed by atoms with van der Waals surface area (Å²) in [5.41, 5.74) is 3.61. The summed E-state index contributed by atoms with van der Waals surface area (Å²) in [6.45, 7) is 0. The monoisotopic (exact) mass is 564 g/mol. The zero-order valence-corrected chi connectivity index (χ0v) is 23.5. The Hall–Kier alpha value is -4.76. The molecule has 218 valence electrons. The van der Waals surface area contributed by atoms with Gasteiger partial charge in [-0.1, -0.05) is 24.3 Å². The fourth-order valence-electron chi connectivity index (χ4n) is 4.14. The summed E-state index contributed by atoms with van der Waals surface area (Å²) in [6.07, 6.45) is 1.22. The van der Waals surface area contributed by atoms with Crippen LogP contribution < -0.4 is 18.9 Å². The number of aliphatic hydroxyl groups is 1. The molecule has 0 spiro atoms. The van der Waals surface area contributed by atoms with Crippen molar-refractivity contribution in [1.29, 1.82) is 0 Å². The first kappa shape index (κ1) is 30.8. The maximum Gasteiger partial charge on any atom is 0.160 e. The maximum absolute atomic E-state index is 10.3. The van der Waals surface area contributed by atoms with Gasteiger partial charge in [0.1, 0.15) is 0 Å². The Kier molecular flexibility index (Phi) is 10.9. The van der Waals surface area contributed by atoms with Gasteiger partial charge in [0, 0.05) is 6.42 Å². The average molecular weight is 565 g/mol. The normalized spacial score (nSPS) is 11.1. The van der Waals surface area contributed by atoms with Gasteiger partial charge in [0.2, 0.25) is 0 Å². The van der Waals surface area contributed by atoms with Crippen LogP contribution in [0.1, 0.15) is 28.4 Å². The fraction of sp³-hybridized carbons (Fsp3) is 0.250. The molecule has 4 rings (SSSR count). The molecule has 0 saturated carbocycles. The number of aryl methyl sites for hydroxylation is 2. The Labute approximate surface area is 239 Å². The lowest BCUT2D eigenvalue weighted by Crippen LogP contribution is -2.02. The molecule has 4 aromatic rings. The SMILES string of the molecule is COc1cc(CC(O)c2ccc(O)c(OC)c2)ccc1O.COc1cc(CCc2ccc(O)c(OC)c2)ccc1O. The van der Waals surface area contributed by atoms with Gasteiger partial charge in [0.15, 0.2) is 46.0 Å². The number of ether oxygens (including phenoxy) is 4. The topological polar surface area (TPSA) is 138 Å². The molecule has 0 aliphatic carbocycles. The summed E-state index contributed by atoms with van der Waals surface area (Å²) in [5.74, 6) is 2.00. The third-order valence-corrected chi connectivity index (χ3v) is 6.45. The molecular weight excluding hydrogens is 528 g/mol. The highest BCUT2D eigenvalue weighted by molar-refractivity contribution is 5.45. The number of methoxy groups -OCH3 is 4. The van der Waals surface area contributed by atoms with E-state index in [-0.39, 0.29) is 23.0 Å². The van der Waals surface area contributed by atoms with E-state index in [0.29, 0.717) is 35.0 Å². The molecule has 9 nitrogen and oxygen atoms in total. The molecule has 5 N–H and O–H groups in total. The quantitative estimate of drug-likeness (QED) is 0.174. The molecule has 4 aromatic carbocycles. The summed E-state index contributed by atoms with van der Waals surface area (Å²) >= 11 is 0. The van der Waals surface area contributed by atoms with Crippen LogP contribution in [0.4, 0.5) is 0 Å². The van der Waals surface area contributed by atoms with Crippen LogP contribution in [0.3, 0.4) is 0 Å². The molecule has 0 amide bonds. The van der Waals surface area contributed by atoms with E-state index in [1.54, 1.807) is 36.4 Å². The zero-order valence-electron chi connectivity index (χ0n) is 23.5. The molecule has 41 heavy (non-hydrogen) atoms. The van der Waals surface area contributed by atoms with Crippen LogP contribution in [0, 0.1) is 0 Å². The number of hydrogen-bond donors (Lipinski definition) is 5. The first-order chi connectivity index (χ1) is 19.7. The Morgan fingerprint density at radius 1 is 0.488 bits per heavy atom. The van der Waals surface area contributed by atoms with Crippen LogP contribution in [0.25, 0.3) is 0 Å². The number of rotatable bonds is 10. The van der Waals surface area contributed by atoms with Crippen LogP contribution >= 0.6 is 0 Å². The summed E-state index contributed by atoms with van der Waals surface area (Å²) in [7, 11) is 5.99. The molecule has 0 aliphatic rings. The van der Waals surface area contributed by atoms with Gasteiger partial charge in [0.25, 0.3) is 0 Å². The Morgan fingerprint density at radius 3 is 1.24 bits per heavy atom. The van der Waals surface area contributed by atoms with E-state index >= 15 is 0 Å². The Morgan fingerprint density at radius 2 is 0.829 bits per heavy atom. The third-order valence-electron chi connectivity index (χ3n) is 6.45. The van der Waals surface area contributed by atoms with E-state index in [9.17, 15) is 25.5 Å². The van der Waals surface area contributed by atoms with E-state index < -0.39 is 6.10 Å². The number of aliphatic hydroxyl groups excluding tert-OH is 1. The van der Waals surface area contributed by atoms with Crippen molar-refractivity contribution in [3.8, 4) is 46.0 Å². The van der Waals surface area contributed by atoms with Gasteiger partial charge in [-0.05, 0) is 83.6 Å². The molecule has 0 heterocycles. The Bertz CT molecular complexity index is 1380. The number of hydrogen-bond acceptors (Lipinski definition) is 9. The van der Waals surface area contributed by atoms with E-state index in [2.05, 4.69) is 0 Å². The van der Waals surface area contributed by atoms with Crippen LogP contribution in [-0.2, 0) is 19.3 Å². The lowest BCUT2D eigenvalue weighted by atomic mass is 10.0. The van der Waals surface area contributed by atoms with E-state index in [1.807, 2.05) is 24.3 Å². The van der Waals surface area contributed by atoms with E-state index in [0.717, 1.165) is 29.5 Å². The number of phenolic OH excluding ortho intramolecular Hbond substituents is 4. The summed E-state index contributed by atoms with van der Waals surface area (Å²) in [4.78, 5) is 0. The van der Waals surface area contributed by atoms with Gasteiger partial charge in [-0.3, -0.25) is 0 Å². The molecule has 1 atom stereocenters. The van der Waals surface area contributed by atoms with Crippen LogP contribution in [-0.4, -0.2) is 54.0 Å². The minimum Gasteiger partial charge on any atom is -0.504 e. The summed E-state index contributed by atoms with van der Waals surface area (Å²) in [6, 6.07) is 20.3. The maximum atomic E-state index is 10.3. The zero-order chi connectivity index (χ0) is 29.9. The number of benzene rings is 4. The van der Waals surface area contributed by atoms with Crippen molar-refractivity contribution in [2.75, 3.05) is 28.4 Å². The smallest absolute Gasteiger partial charge is 0.160 e. The van der Waals surface area contributed by atoms with Crippen LogP contribution in [0.15, 0.2) is 72.8 Å². The van der Waals surface area contributed by atoms with E-state index in [4.69, 9.17) is 18.9 Å². The molecule has 0 aliphatic heterocycles. The Balaban J connectivity index is 0.000000226. The number of phenols is 4. The predicted octanol–water partition coefficient (Wildman–Crippen LogP) is 5.29. The number of aromatic hydroxyl groups is 4. The van der Waals surface area contributed by atoms with Crippen molar-refractivity contribution in [3.05, 3.63) is 95.1 Å². The first-order valence-electron chi connectivity index (χ1n) is 12.8. The van der Waals surface area contributed by atoms with Gasteiger partial charge >= 0.3 is 0 Å². The third kappa shape index (κ3) is 8.36. The van der Waals surface area contributed by atoms with Crippen molar-refractivity contribution < 1.29 is 44.5 Å². The second-order valence-electron chi connectivity index (χ2n) is 9.17. The molecule has 1 unspecified atom stereocenters. The van der Waals surface area contributed by atoms with Gasteiger partial charge in [-0.25, -0.2) is 0 Å². The molecule has 0 radical (unpaired) electrons.